The molecule has 0 radical (unpaired) electrons. The van der Waals surface area contributed by atoms with E-state index in [1.807, 2.05) is 20.8 Å². The summed E-state index contributed by atoms with van der Waals surface area (Å²) < 4.78 is 17.2. The van der Waals surface area contributed by atoms with E-state index in [2.05, 4.69) is 5.32 Å². The summed E-state index contributed by atoms with van der Waals surface area (Å²) in [6.07, 6.45) is 3.17. The maximum Gasteiger partial charge on any atom is 0.500 e. The standard InChI is InChI=1S/C16H28N2O6Si/c1-4-22-25(23-5-2,24-6-3)13-7-11-17-14(19)10-12-18-15(20)8-9-16(18)21/h8-9H,4-7,10-13H2,1-3H3,(H,17,19). The van der Waals surface area contributed by atoms with Crippen molar-refractivity contribution < 1.29 is 27.7 Å². The molecule has 0 aliphatic carbocycles. The molecular formula is C16H28N2O6Si. The Morgan fingerprint density at radius 1 is 1.04 bits per heavy atom. The first-order chi connectivity index (χ1) is 12.0. The summed E-state index contributed by atoms with van der Waals surface area (Å²) in [5.74, 6) is -0.957. The van der Waals surface area contributed by atoms with Gasteiger partial charge in [0.25, 0.3) is 11.8 Å². The Morgan fingerprint density at radius 2 is 1.56 bits per heavy atom. The monoisotopic (exact) mass is 372 g/mol. The SMILES string of the molecule is CCO[Si](CCCNC(=O)CCN1C(=O)C=CC1=O)(OCC)OCC. The number of hydrogen-bond donors (Lipinski definition) is 1. The second-order valence-electron chi connectivity index (χ2n) is 5.35. The van der Waals surface area contributed by atoms with Gasteiger partial charge < -0.3 is 18.6 Å². The van der Waals surface area contributed by atoms with Crippen molar-refractivity contribution in [1.82, 2.24) is 10.2 Å². The van der Waals surface area contributed by atoms with Gasteiger partial charge in [0, 0.05) is 57.5 Å². The van der Waals surface area contributed by atoms with Crippen LogP contribution in [0.5, 0.6) is 0 Å². The van der Waals surface area contributed by atoms with Gasteiger partial charge in [-0.1, -0.05) is 0 Å². The normalized spacial score (nSPS) is 14.4. The van der Waals surface area contributed by atoms with E-state index in [-0.39, 0.29) is 30.7 Å². The van der Waals surface area contributed by atoms with Gasteiger partial charge in [-0.2, -0.15) is 0 Å². The average Bonchev–Trinajstić information content (AvgIpc) is 2.89. The number of imide groups is 1. The molecule has 0 bridgehead atoms. The minimum atomic E-state index is -2.68. The van der Waals surface area contributed by atoms with Gasteiger partial charge >= 0.3 is 8.80 Å². The van der Waals surface area contributed by atoms with Crippen LogP contribution in [0.4, 0.5) is 0 Å². The minimum Gasteiger partial charge on any atom is -0.374 e. The predicted octanol–water partition coefficient (Wildman–Crippen LogP) is 0.856. The third-order valence-electron chi connectivity index (χ3n) is 3.54. The summed E-state index contributed by atoms with van der Waals surface area (Å²) in [5.41, 5.74) is 0. The topological polar surface area (TPSA) is 94.2 Å². The highest BCUT2D eigenvalue weighted by molar-refractivity contribution is 6.60. The molecule has 1 N–H and O–H groups in total. The fourth-order valence-corrected chi connectivity index (χ4v) is 5.10. The summed E-state index contributed by atoms with van der Waals surface area (Å²) in [4.78, 5) is 35.7. The fraction of sp³-hybridized carbons (Fsp3) is 0.688. The average molecular weight is 372 g/mol. The zero-order valence-electron chi connectivity index (χ0n) is 15.2. The molecular weight excluding hydrogens is 344 g/mol. The molecule has 0 atom stereocenters. The van der Waals surface area contributed by atoms with E-state index < -0.39 is 8.80 Å². The molecule has 142 valence electrons. The van der Waals surface area contributed by atoms with E-state index in [1.165, 1.54) is 12.2 Å². The van der Waals surface area contributed by atoms with Crippen molar-refractivity contribution >= 4 is 26.5 Å². The summed E-state index contributed by atoms with van der Waals surface area (Å²) in [7, 11) is -2.68. The molecule has 8 nitrogen and oxygen atoms in total. The summed E-state index contributed by atoms with van der Waals surface area (Å²) in [5, 5.41) is 2.78. The lowest BCUT2D eigenvalue weighted by Crippen LogP contribution is -2.46. The van der Waals surface area contributed by atoms with Crippen LogP contribution in [-0.2, 0) is 27.7 Å². The maximum atomic E-state index is 11.9. The zero-order chi connectivity index (χ0) is 18.7. The summed E-state index contributed by atoms with van der Waals surface area (Å²) in [6, 6.07) is 0.621. The highest BCUT2D eigenvalue weighted by Crippen LogP contribution is 2.17. The number of amides is 3. The maximum absolute atomic E-state index is 11.9. The first-order valence-corrected chi connectivity index (χ1v) is 10.6. The lowest BCUT2D eigenvalue weighted by molar-refractivity contribution is -0.137. The van der Waals surface area contributed by atoms with Crippen molar-refractivity contribution in [1.29, 1.82) is 0 Å². The first kappa shape index (κ1) is 21.5. The molecule has 3 amide bonds. The molecule has 1 rings (SSSR count). The molecule has 0 saturated carbocycles. The summed E-state index contributed by atoms with van der Waals surface area (Å²) in [6.45, 7) is 7.80. The van der Waals surface area contributed by atoms with Crippen molar-refractivity contribution in [3.05, 3.63) is 12.2 Å². The van der Waals surface area contributed by atoms with Crippen LogP contribution in [-0.4, -0.2) is 64.3 Å². The van der Waals surface area contributed by atoms with Gasteiger partial charge in [-0.05, 0) is 27.2 Å². The molecule has 0 fully saturated rings. The van der Waals surface area contributed by atoms with Crippen LogP contribution in [0.25, 0.3) is 0 Å². The zero-order valence-corrected chi connectivity index (χ0v) is 16.2. The molecule has 0 aromatic heterocycles. The van der Waals surface area contributed by atoms with E-state index in [0.717, 1.165) is 4.90 Å². The largest absolute Gasteiger partial charge is 0.500 e. The van der Waals surface area contributed by atoms with Crippen molar-refractivity contribution in [3.8, 4) is 0 Å². The lowest BCUT2D eigenvalue weighted by atomic mass is 10.3. The molecule has 25 heavy (non-hydrogen) atoms. The quantitative estimate of drug-likeness (QED) is 0.293. The Kier molecular flexibility index (Phi) is 9.57. The van der Waals surface area contributed by atoms with Crippen LogP contribution >= 0.6 is 0 Å². The van der Waals surface area contributed by atoms with Gasteiger partial charge in [0.15, 0.2) is 0 Å². The Balaban J connectivity index is 2.31. The van der Waals surface area contributed by atoms with Crippen LogP contribution in [0, 0.1) is 0 Å². The van der Waals surface area contributed by atoms with Gasteiger partial charge in [0.05, 0.1) is 0 Å². The molecule has 9 heteroatoms. The Hall–Kier alpha value is -1.55. The van der Waals surface area contributed by atoms with Gasteiger partial charge in [-0.25, -0.2) is 0 Å². The van der Waals surface area contributed by atoms with E-state index in [0.29, 0.717) is 38.8 Å². The molecule has 0 spiro atoms. The Labute approximate surface area is 149 Å². The van der Waals surface area contributed by atoms with Crippen LogP contribution in [0.1, 0.15) is 33.6 Å². The van der Waals surface area contributed by atoms with Crippen molar-refractivity contribution in [2.45, 2.75) is 39.7 Å². The van der Waals surface area contributed by atoms with Crippen molar-refractivity contribution in [2.24, 2.45) is 0 Å². The van der Waals surface area contributed by atoms with Crippen LogP contribution in [0.2, 0.25) is 6.04 Å². The summed E-state index contributed by atoms with van der Waals surface area (Å²) >= 11 is 0. The third-order valence-corrected chi connectivity index (χ3v) is 6.69. The molecule has 0 unspecified atom stereocenters. The number of hydrogen-bond acceptors (Lipinski definition) is 6. The third kappa shape index (κ3) is 7.06. The number of carbonyl (C=O) groups is 3. The van der Waals surface area contributed by atoms with Crippen molar-refractivity contribution in [2.75, 3.05) is 32.9 Å². The second-order valence-corrected chi connectivity index (χ2v) is 8.08. The highest BCUT2D eigenvalue weighted by Gasteiger charge is 2.39. The second kappa shape index (κ2) is 11.1. The first-order valence-electron chi connectivity index (χ1n) is 8.70. The van der Waals surface area contributed by atoms with E-state index >= 15 is 0 Å². The van der Waals surface area contributed by atoms with Gasteiger partial charge in [0.1, 0.15) is 0 Å². The molecule has 1 aliphatic rings. The molecule has 1 heterocycles. The van der Waals surface area contributed by atoms with E-state index in [9.17, 15) is 14.4 Å². The van der Waals surface area contributed by atoms with Crippen LogP contribution in [0.15, 0.2) is 12.2 Å². The molecule has 0 saturated heterocycles. The van der Waals surface area contributed by atoms with Gasteiger partial charge in [-0.3, -0.25) is 19.3 Å². The Morgan fingerprint density at radius 3 is 2.04 bits per heavy atom. The van der Waals surface area contributed by atoms with Crippen molar-refractivity contribution in [3.63, 3.8) is 0 Å². The van der Waals surface area contributed by atoms with Crippen LogP contribution < -0.4 is 5.32 Å². The minimum absolute atomic E-state index is 0.0874. The Bertz CT molecular complexity index is 462. The highest BCUT2D eigenvalue weighted by atomic mass is 28.4. The van der Waals surface area contributed by atoms with Crippen LogP contribution in [0.3, 0.4) is 0 Å². The molecule has 0 aromatic carbocycles. The van der Waals surface area contributed by atoms with E-state index in [1.54, 1.807) is 0 Å². The van der Waals surface area contributed by atoms with E-state index in [4.69, 9.17) is 13.3 Å². The lowest BCUT2D eigenvalue weighted by Gasteiger charge is -2.28. The number of nitrogens with zero attached hydrogens (tertiary/aromatic N) is 1. The smallest absolute Gasteiger partial charge is 0.374 e. The number of rotatable bonds is 13. The van der Waals surface area contributed by atoms with Gasteiger partial charge in [-0.15, -0.1) is 0 Å². The number of carbonyl (C=O) groups excluding carboxylic acids is 3. The molecule has 0 aromatic rings. The fourth-order valence-electron chi connectivity index (χ4n) is 2.49. The van der Waals surface area contributed by atoms with Gasteiger partial charge in [0.2, 0.25) is 5.91 Å². The molecule has 1 aliphatic heterocycles. The number of nitrogens with one attached hydrogen (secondary N) is 1. The predicted molar refractivity (Wildman–Crippen MR) is 93.5 cm³/mol.